The molecule has 0 fully saturated rings. The molecule has 0 atom stereocenters. The molecule has 0 N–H and O–H groups in total. The molecule has 0 saturated carbocycles. The Labute approximate surface area is 104 Å². The predicted octanol–water partition coefficient (Wildman–Crippen LogP) is 2.75. The molecule has 1 aromatic carbocycles. The Hall–Kier alpha value is -0.580. The lowest BCUT2D eigenvalue weighted by Crippen LogP contribution is -2.11. The molecular weight excluding hydrogens is 271 g/mol. The van der Waals surface area contributed by atoms with Gasteiger partial charge >= 0.3 is 0 Å². The van der Waals surface area contributed by atoms with Gasteiger partial charge in [-0.05, 0) is 19.1 Å². The monoisotopic (exact) mass is 280 g/mol. The van der Waals surface area contributed by atoms with Crippen molar-refractivity contribution in [3.05, 3.63) is 28.2 Å². The molecule has 3 nitrogen and oxygen atoms in total. The van der Waals surface area contributed by atoms with Gasteiger partial charge in [0.05, 0.1) is 15.8 Å². The van der Waals surface area contributed by atoms with E-state index in [2.05, 4.69) is 0 Å². The maximum atomic E-state index is 11.9. The Morgan fingerprint density at radius 1 is 1.25 bits per heavy atom. The summed E-state index contributed by atoms with van der Waals surface area (Å²) in [5, 5.41) is 0.159. The molecule has 0 bridgehead atoms. The minimum atomic E-state index is -3.60. The molecule has 0 aromatic heterocycles. The molecular formula is C10H10Cl2O3S. The molecule has 0 aliphatic rings. The number of Topliss-reactive ketones (excluding diaryl/α,β-unsaturated/α-hetero) is 1. The first-order chi connectivity index (χ1) is 7.34. The second-order valence-corrected chi connectivity index (χ2v) is 6.18. The first-order valence-corrected chi connectivity index (χ1v) is 6.91. The van der Waals surface area contributed by atoms with Crippen molar-refractivity contribution in [2.45, 2.75) is 18.2 Å². The molecule has 6 heteroatoms. The Balaban J connectivity index is 3.12. The molecule has 0 saturated heterocycles. The lowest BCUT2D eigenvalue weighted by molar-refractivity contribution is -0.116. The van der Waals surface area contributed by atoms with Crippen LogP contribution in [0.1, 0.15) is 13.3 Å². The Bertz CT molecular complexity index is 489. The van der Waals surface area contributed by atoms with Gasteiger partial charge in [-0.15, -0.1) is 0 Å². The maximum Gasteiger partial charge on any atom is 0.181 e. The first-order valence-electron chi connectivity index (χ1n) is 4.51. The van der Waals surface area contributed by atoms with E-state index < -0.39 is 9.84 Å². The molecule has 16 heavy (non-hydrogen) atoms. The molecule has 0 heterocycles. The molecule has 1 rings (SSSR count). The summed E-state index contributed by atoms with van der Waals surface area (Å²) in [6, 6.07) is 4.47. The van der Waals surface area contributed by atoms with Crippen LogP contribution in [-0.4, -0.2) is 20.0 Å². The van der Waals surface area contributed by atoms with Crippen LogP contribution in [0.15, 0.2) is 23.1 Å². The van der Waals surface area contributed by atoms with Crippen molar-refractivity contribution in [2.75, 3.05) is 5.75 Å². The summed E-state index contributed by atoms with van der Waals surface area (Å²) in [4.78, 5) is 10.7. The average Bonchev–Trinajstić information content (AvgIpc) is 2.14. The number of sulfone groups is 1. The quantitative estimate of drug-likeness (QED) is 0.852. The number of rotatable bonds is 4. The predicted molar refractivity (Wildman–Crippen MR) is 63.8 cm³/mol. The van der Waals surface area contributed by atoms with Crippen molar-refractivity contribution in [1.82, 2.24) is 0 Å². The second-order valence-electron chi connectivity index (χ2n) is 3.32. The standard InChI is InChI=1S/C10H10Cl2O3S/c1-7(13)5-6-16(14,15)10-8(11)3-2-4-9(10)12/h2-4H,5-6H2,1H3. The highest BCUT2D eigenvalue weighted by molar-refractivity contribution is 7.91. The number of benzene rings is 1. The van der Waals surface area contributed by atoms with Crippen LogP contribution in [0.3, 0.4) is 0 Å². The van der Waals surface area contributed by atoms with Gasteiger partial charge in [0.2, 0.25) is 0 Å². The molecule has 0 aliphatic heterocycles. The van der Waals surface area contributed by atoms with E-state index in [1.165, 1.54) is 19.1 Å². The summed E-state index contributed by atoms with van der Waals surface area (Å²) in [6.07, 6.45) is -0.0378. The number of hydrogen-bond donors (Lipinski definition) is 0. The van der Waals surface area contributed by atoms with Gasteiger partial charge in [-0.3, -0.25) is 4.79 Å². The number of halogens is 2. The third-order valence-corrected chi connectivity index (χ3v) is 4.61. The fourth-order valence-corrected chi connectivity index (χ4v) is 3.75. The van der Waals surface area contributed by atoms with Crippen molar-refractivity contribution in [3.8, 4) is 0 Å². The van der Waals surface area contributed by atoms with Gasteiger partial charge in [0.15, 0.2) is 9.84 Å². The zero-order valence-electron chi connectivity index (χ0n) is 8.54. The number of carbonyl (C=O) groups excluding carboxylic acids is 1. The normalized spacial score (nSPS) is 11.4. The van der Waals surface area contributed by atoms with Crippen molar-refractivity contribution in [1.29, 1.82) is 0 Å². The van der Waals surface area contributed by atoms with Crippen molar-refractivity contribution < 1.29 is 13.2 Å². The van der Waals surface area contributed by atoms with Crippen LogP contribution in [0.2, 0.25) is 10.0 Å². The van der Waals surface area contributed by atoms with E-state index in [0.29, 0.717) is 0 Å². The van der Waals surface area contributed by atoms with Gasteiger partial charge in [0.25, 0.3) is 0 Å². The second kappa shape index (κ2) is 5.17. The number of ketones is 1. The van der Waals surface area contributed by atoms with Gasteiger partial charge in [0.1, 0.15) is 10.7 Å². The van der Waals surface area contributed by atoms with E-state index in [-0.39, 0.29) is 32.9 Å². The van der Waals surface area contributed by atoms with Gasteiger partial charge in [0, 0.05) is 6.42 Å². The van der Waals surface area contributed by atoms with Gasteiger partial charge in [-0.25, -0.2) is 8.42 Å². The SMILES string of the molecule is CC(=O)CCS(=O)(=O)c1c(Cl)cccc1Cl. The topological polar surface area (TPSA) is 51.2 Å². The highest BCUT2D eigenvalue weighted by Crippen LogP contribution is 2.30. The van der Waals surface area contributed by atoms with Gasteiger partial charge < -0.3 is 0 Å². The number of carbonyl (C=O) groups is 1. The van der Waals surface area contributed by atoms with E-state index >= 15 is 0 Å². The fraction of sp³-hybridized carbons (Fsp3) is 0.300. The molecule has 0 unspecified atom stereocenters. The van der Waals surface area contributed by atoms with Crippen LogP contribution < -0.4 is 0 Å². The van der Waals surface area contributed by atoms with E-state index in [9.17, 15) is 13.2 Å². The van der Waals surface area contributed by atoms with Crippen LogP contribution in [0.25, 0.3) is 0 Å². The minimum absolute atomic E-state index is 0.0378. The zero-order chi connectivity index (χ0) is 12.3. The zero-order valence-corrected chi connectivity index (χ0v) is 10.9. The third-order valence-electron chi connectivity index (χ3n) is 1.95. The molecule has 1 aromatic rings. The van der Waals surface area contributed by atoms with Crippen LogP contribution in [-0.2, 0) is 14.6 Å². The third kappa shape index (κ3) is 3.20. The summed E-state index contributed by atoms with van der Waals surface area (Å²) in [7, 11) is -3.60. The average molecular weight is 281 g/mol. The lowest BCUT2D eigenvalue weighted by atomic mass is 10.3. The summed E-state index contributed by atoms with van der Waals surface area (Å²) < 4.78 is 23.7. The van der Waals surface area contributed by atoms with Crippen molar-refractivity contribution in [3.63, 3.8) is 0 Å². The maximum absolute atomic E-state index is 11.9. The Kier molecular flexibility index (Phi) is 4.35. The highest BCUT2D eigenvalue weighted by atomic mass is 35.5. The molecule has 88 valence electrons. The Morgan fingerprint density at radius 2 is 1.75 bits per heavy atom. The van der Waals surface area contributed by atoms with E-state index in [0.717, 1.165) is 0 Å². The number of hydrogen-bond acceptors (Lipinski definition) is 3. The fourth-order valence-electron chi connectivity index (χ4n) is 1.16. The van der Waals surface area contributed by atoms with Crippen LogP contribution in [0, 0.1) is 0 Å². The van der Waals surface area contributed by atoms with E-state index in [4.69, 9.17) is 23.2 Å². The minimum Gasteiger partial charge on any atom is -0.300 e. The van der Waals surface area contributed by atoms with E-state index in [1.807, 2.05) is 0 Å². The summed E-state index contributed by atoms with van der Waals surface area (Å²) in [5.74, 6) is -0.460. The first kappa shape index (κ1) is 13.5. The van der Waals surface area contributed by atoms with Gasteiger partial charge in [-0.1, -0.05) is 29.3 Å². The summed E-state index contributed by atoms with van der Waals surface area (Å²) in [6.45, 7) is 1.34. The van der Waals surface area contributed by atoms with Crippen molar-refractivity contribution >= 4 is 38.8 Å². The molecule has 0 aliphatic carbocycles. The molecule has 0 radical (unpaired) electrons. The summed E-state index contributed by atoms with van der Waals surface area (Å²) in [5.41, 5.74) is 0. The molecule has 0 amide bonds. The van der Waals surface area contributed by atoms with E-state index in [1.54, 1.807) is 6.07 Å². The van der Waals surface area contributed by atoms with Crippen LogP contribution in [0.5, 0.6) is 0 Å². The van der Waals surface area contributed by atoms with Crippen molar-refractivity contribution in [2.24, 2.45) is 0 Å². The Morgan fingerprint density at radius 3 is 2.19 bits per heavy atom. The summed E-state index contributed by atoms with van der Waals surface area (Å²) >= 11 is 11.6. The van der Waals surface area contributed by atoms with Crippen LogP contribution in [0.4, 0.5) is 0 Å². The lowest BCUT2D eigenvalue weighted by Gasteiger charge is -2.07. The van der Waals surface area contributed by atoms with Crippen LogP contribution >= 0.6 is 23.2 Å². The smallest absolute Gasteiger partial charge is 0.181 e. The van der Waals surface area contributed by atoms with Gasteiger partial charge in [-0.2, -0.15) is 0 Å². The largest absolute Gasteiger partial charge is 0.300 e. The molecule has 0 spiro atoms. The highest BCUT2D eigenvalue weighted by Gasteiger charge is 2.21.